The molecule has 0 spiro atoms. The number of fused-ring (bicyclic) bond motifs is 1. The molecule has 0 bridgehead atoms. The first-order valence-corrected chi connectivity index (χ1v) is 8.99. The molecule has 142 valence electrons. The number of aryl methyl sites for hydroxylation is 1. The second kappa shape index (κ2) is 13.7. The fourth-order valence-corrected chi connectivity index (χ4v) is 2.53. The first-order chi connectivity index (χ1) is 11.8. The fourth-order valence-electron chi connectivity index (χ4n) is 2.53. The number of rotatable bonds is 13. The second-order valence-electron chi connectivity index (χ2n) is 5.86. The van der Waals surface area contributed by atoms with Gasteiger partial charge in [-0.2, -0.15) is 0 Å². The Morgan fingerprint density at radius 1 is 0.800 bits per heavy atom. The zero-order valence-electron chi connectivity index (χ0n) is 15.7. The minimum atomic E-state index is 0. The van der Waals surface area contributed by atoms with E-state index in [-0.39, 0.29) is 23.9 Å². The molecule has 1 aliphatic heterocycles. The van der Waals surface area contributed by atoms with Crippen LogP contribution in [0.2, 0.25) is 0 Å². The molecule has 0 fully saturated rings. The van der Waals surface area contributed by atoms with Crippen LogP contribution in [-0.4, -0.2) is 63.7 Å². The maximum absolute atomic E-state index is 5.75. The molecule has 0 saturated heterocycles. The summed E-state index contributed by atoms with van der Waals surface area (Å²) in [5.74, 6) is 1.66. The molecular weight excluding hydrogens is 427 g/mol. The van der Waals surface area contributed by atoms with Crippen LogP contribution in [0, 0.1) is 0 Å². The number of hydrogen-bond donors (Lipinski definition) is 0. The van der Waals surface area contributed by atoms with Crippen LogP contribution in [0.15, 0.2) is 12.1 Å². The normalized spacial score (nSPS) is 12.2. The fraction of sp³-hybridized carbons (Fsp3) is 0.684. The van der Waals surface area contributed by atoms with E-state index >= 15 is 0 Å². The van der Waals surface area contributed by atoms with Crippen LogP contribution < -0.4 is 9.47 Å². The number of ether oxygens (including phenoxy) is 5. The summed E-state index contributed by atoms with van der Waals surface area (Å²) in [5, 5.41) is 0. The van der Waals surface area contributed by atoms with Gasteiger partial charge in [-0.15, -0.1) is 0 Å². The quantitative estimate of drug-likeness (QED) is 0.336. The molecule has 1 aromatic carbocycles. The monoisotopic (exact) mass is 460 g/mol. The standard InChI is InChI=1S/C19H30O5.Sn.2H/c1-3-5-7-20-8-9-21-10-11-22-14-17-13-19-18(23-15-24-19)12-16(17)6-4-2;;;/h12-13H,3-11,14-15H2,1-2H3;;;. The van der Waals surface area contributed by atoms with Crippen molar-refractivity contribution in [3.05, 3.63) is 23.3 Å². The van der Waals surface area contributed by atoms with Crippen LogP contribution in [-0.2, 0) is 27.2 Å². The molecular formula is C19H32O5Sn. The molecule has 0 amide bonds. The summed E-state index contributed by atoms with van der Waals surface area (Å²) < 4.78 is 27.6. The molecule has 2 radical (unpaired) electrons. The van der Waals surface area contributed by atoms with E-state index in [0.717, 1.165) is 43.8 Å². The number of hydrogen-bond acceptors (Lipinski definition) is 5. The zero-order valence-corrected chi connectivity index (χ0v) is 19.7. The van der Waals surface area contributed by atoms with Gasteiger partial charge < -0.3 is 23.7 Å². The Labute approximate surface area is 168 Å². The van der Waals surface area contributed by atoms with Gasteiger partial charge in [0.1, 0.15) is 0 Å². The first-order valence-electron chi connectivity index (χ1n) is 8.99. The summed E-state index contributed by atoms with van der Waals surface area (Å²) in [5.41, 5.74) is 2.44. The van der Waals surface area contributed by atoms with Crippen LogP contribution >= 0.6 is 0 Å². The summed E-state index contributed by atoms with van der Waals surface area (Å²) in [6.07, 6.45) is 4.38. The second-order valence-corrected chi connectivity index (χ2v) is 5.86. The molecule has 1 heterocycles. The third-order valence-corrected chi connectivity index (χ3v) is 3.86. The minimum absolute atomic E-state index is 0. The third kappa shape index (κ3) is 8.15. The van der Waals surface area contributed by atoms with Gasteiger partial charge >= 0.3 is 23.9 Å². The maximum atomic E-state index is 5.75. The number of benzene rings is 1. The van der Waals surface area contributed by atoms with Gasteiger partial charge in [0.25, 0.3) is 0 Å². The van der Waals surface area contributed by atoms with Crippen LogP contribution in [0.5, 0.6) is 11.5 Å². The summed E-state index contributed by atoms with van der Waals surface area (Å²) in [6, 6.07) is 4.12. The Hall–Kier alpha value is -0.501. The molecule has 0 saturated carbocycles. The summed E-state index contributed by atoms with van der Waals surface area (Å²) in [6.45, 7) is 8.47. The van der Waals surface area contributed by atoms with Crippen LogP contribution in [0.1, 0.15) is 44.2 Å². The summed E-state index contributed by atoms with van der Waals surface area (Å²) in [4.78, 5) is 0. The third-order valence-electron chi connectivity index (χ3n) is 3.86. The van der Waals surface area contributed by atoms with E-state index in [4.69, 9.17) is 23.7 Å². The molecule has 1 aliphatic rings. The SMILES string of the molecule is CCCCOCCOCCOCc1cc2c(cc1CCC)OCO2.[SnH2]. The van der Waals surface area contributed by atoms with E-state index in [1.807, 2.05) is 6.07 Å². The van der Waals surface area contributed by atoms with E-state index in [1.54, 1.807) is 0 Å². The molecule has 0 atom stereocenters. The van der Waals surface area contributed by atoms with E-state index in [9.17, 15) is 0 Å². The average molecular weight is 459 g/mol. The molecule has 0 aromatic heterocycles. The van der Waals surface area contributed by atoms with Gasteiger partial charge in [-0.3, -0.25) is 0 Å². The van der Waals surface area contributed by atoms with Crippen LogP contribution in [0.25, 0.3) is 0 Å². The van der Waals surface area contributed by atoms with Gasteiger partial charge in [-0.1, -0.05) is 26.7 Å². The van der Waals surface area contributed by atoms with Crippen molar-refractivity contribution in [2.24, 2.45) is 0 Å². The first kappa shape index (κ1) is 22.5. The Bertz CT molecular complexity index is 481. The number of unbranched alkanes of at least 4 members (excludes halogenated alkanes) is 1. The molecule has 0 unspecified atom stereocenters. The van der Waals surface area contributed by atoms with Gasteiger partial charge in [-0.05, 0) is 36.1 Å². The van der Waals surface area contributed by atoms with Crippen molar-refractivity contribution in [1.82, 2.24) is 0 Å². The van der Waals surface area contributed by atoms with Gasteiger partial charge in [0, 0.05) is 6.61 Å². The van der Waals surface area contributed by atoms with E-state index in [2.05, 4.69) is 19.9 Å². The van der Waals surface area contributed by atoms with Crippen molar-refractivity contribution < 1.29 is 23.7 Å². The Balaban J connectivity index is 0.00000312. The van der Waals surface area contributed by atoms with E-state index in [1.165, 1.54) is 11.1 Å². The predicted molar refractivity (Wildman–Crippen MR) is 101 cm³/mol. The molecule has 6 heteroatoms. The Morgan fingerprint density at radius 3 is 2.04 bits per heavy atom. The van der Waals surface area contributed by atoms with Gasteiger partial charge in [0.2, 0.25) is 6.79 Å². The Morgan fingerprint density at radius 2 is 1.40 bits per heavy atom. The molecule has 1 aromatic rings. The topological polar surface area (TPSA) is 46.2 Å². The van der Waals surface area contributed by atoms with Crippen molar-refractivity contribution in [2.45, 2.75) is 46.1 Å². The Kier molecular flexibility index (Phi) is 12.3. The molecule has 0 aliphatic carbocycles. The van der Waals surface area contributed by atoms with Crippen molar-refractivity contribution in [3.63, 3.8) is 0 Å². The van der Waals surface area contributed by atoms with Crippen molar-refractivity contribution >= 4 is 23.9 Å². The van der Waals surface area contributed by atoms with Gasteiger partial charge in [0.15, 0.2) is 11.5 Å². The molecule has 0 N–H and O–H groups in total. The summed E-state index contributed by atoms with van der Waals surface area (Å²) in [7, 11) is 0. The average Bonchev–Trinajstić information content (AvgIpc) is 3.04. The van der Waals surface area contributed by atoms with E-state index in [0.29, 0.717) is 39.8 Å². The molecule has 5 nitrogen and oxygen atoms in total. The van der Waals surface area contributed by atoms with Gasteiger partial charge in [0.05, 0.1) is 33.0 Å². The van der Waals surface area contributed by atoms with Crippen molar-refractivity contribution in [2.75, 3.05) is 39.8 Å². The van der Waals surface area contributed by atoms with Crippen LogP contribution in [0.4, 0.5) is 0 Å². The van der Waals surface area contributed by atoms with Crippen molar-refractivity contribution in [3.8, 4) is 11.5 Å². The van der Waals surface area contributed by atoms with Crippen molar-refractivity contribution in [1.29, 1.82) is 0 Å². The molecule has 2 rings (SSSR count). The zero-order chi connectivity index (χ0) is 17.0. The molecule has 25 heavy (non-hydrogen) atoms. The predicted octanol–water partition coefficient (Wildman–Crippen LogP) is 2.80. The van der Waals surface area contributed by atoms with E-state index < -0.39 is 0 Å². The van der Waals surface area contributed by atoms with Gasteiger partial charge in [-0.25, -0.2) is 0 Å². The summed E-state index contributed by atoms with van der Waals surface area (Å²) >= 11 is 0. The van der Waals surface area contributed by atoms with Crippen LogP contribution in [0.3, 0.4) is 0 Å².